The van der Waals surface area contributed by atoms with E-state index in [0.29, 0.717) is 0 Å². The standard InChI is InChI=1S/C9H14NO6P/c1-3-16-8(12)7(10-9(13)15-2)4-5-17(14)6-11/h4,11H,3,5-6H2,1-2H3/p+1/b7-4+. The maximum absolute atomic E-state index is 11.4. The first-order valence-electron chi connectivity index (χ1n) is 4.80. The molecule has 0 aromatic rings. The predicted octanol–water partition coefficient (Wildman–Crippen LogP) is 0.567. The zero-order chi connectivity index (χ0) is 13.3. The molecule has 8 heteroatoms. The third kappa shape index (κ3) is 6.65. The Morgan fingerprint density at radius 1 is 1.47 bits per heavy atom. The van der Waals surface area contributed by atoms with Crippen LogP contribution in [0.4, 0.5) is 4.79 Å². The van der Waals surface area contributed by atoms with Crippen molar-refractivity contribution in [3.8, 4) is 0 Å². The van der Waals surface area contributed by atoms with Crippen molar-refractivity contribution in [1.82, 2.24) is 5.32 Å². The number of aliphatic hydroxyl groups excluding tert-OH is 1. The topological polar surface area (TPSA) is 102 Å². The Morgan fingerprint density at radius 2 is 2.12 bits per heavy atom. The van der Waals surface area contributed by atoms with E-state index in [1.807, 2.05) is 0 Å². The summed E-state index contributed by atoms with van der Waals surface area (Å²) in [6.07, 6.45) is -0.128. The number of hydrogen-bond acceptors (Lipinski definition) is 6. The molecule has 2 N–H and O–H groups in total. The smallest absolute Gasteiger partial charge is 0.411 e. The van der Waals surface area contributed by atoms with Crippen LogP contribution in [0.5, 0.6) is 0 Å². The molecular formula is C9H15NO6P+. The molecule has 7 nitrogen and oxygen atoms in total. The minimum Gasteiger partial charge on any atom is -0.461 e. The number of alkyl carbamates (subject to hydrolysis) is 1. The summed E-state index contributed by atoms with van der Waals surface area (Å²) >= 11 is 0. The van der Waals surface area contributed by atoms with Crippen molar-refractivity contribution in [2.45, 2.75) is 6.92 Å². The number of allylic oxidation sites excluding steroid dienone is 1. The highest BCUT2D eigenvalue weighted by Gasteiger charge is 2.17. The zero-order valence-corrected chi connectivity index (χ0v) is 10.5. The van der Waals surface area contributed by atoms with Crippen LogP contribution in [0.15, 0.2) is 11.8 Å². The summed E-state index contributed by atoms with van der Waals surface area (Å²) in [4.78, 5) is 22.3. The Kier molecular flexibility index (Phi) is 7.92. The van der Waals surface area contributed by atoms with Gasteiger partial charge in [0.15, 0.2) is 6.16 Å². The SMILES string of the molecule is CCOC(=O)/C(=C\C[P+](=O)CO)NC(=O)OC. The summed E-state index contributed by atoms with van der Waals surface area (Å²) in [6, 6.07) is 0. The lowest BCUT2D eigenvalue weighted by Gasteiger charge is -2.06. The van der Waals surface area contributed by atoms with Gasteiger partial charge in [0.05, 0.1) is 13.7 Å². The number of nitrogens with one attached hydrogen (secondary N) is 1. The van der Waals surface area contributed by atoms with Gasteiger partial charge in [-0.2, -0.15) is 0 Å². The second-order valence-electron chi connectivity index (χ2n) is 2.76. The third-order valence-electron chi connectivity index (χ3n) is 1.57. The van der Waals surface area contributed by atoms with E-state index >= 15 is 0 Å². The average Bonchev–Trinajstić information content (AvgIpc) is 2.33. The van der Waals surface area contributed by atoms with E-state index in [1.54, 1.807) is 6.92 Å². The molecule has 0 aliphatic carbocycles. The van der Waals surface area contributed by atoms with E-state index in [9.17, 15) is 14.2 Å². The largest absolute Gasteiger partial charge is 0.461 e. The lowest BCUT2D eigenvalue weighted by Crippen LogP contribution is -2.28. The van der Waals surface area contributed by atoms with Gasteiger partial charge >= 0.3 is 19.9 Å². The number of methoxy groups -OCH3 is 1. The third-order valence-corrected chi connectivity index (χ3v) is 2.48. The predicted molar refractivity (Wildman–Crippen MR) is 59.8 cm³/mol. The van der Waals surface area contributed by atoms with Crippen molar-refractivity contribution < 1.29 is 28.7 Å². The highest BCUT2D eigenvalue weighted by atomic mass is 31.1. The molecule has 1 amide bonds. The average molecular weight is 264 g/mol. The van der Waals surface area contributed by atoms with E-state index in [1.165, 1.54) is 6.08 Å². The van der Waals surface area contributed by atoms with E-state index in [-0.39, 0.29) is 18.5 Å². The lowest BCUT2D eigenvalue weighted by atomic mass is 10.4. The maximum atomic E-state index is 11.4. The quantitative estimate of drug-likeness (QED) is 0.413. The van der Waals surface area contributed by atoms with Crippen LogP contribution in [0, 0.1) is 0 Å². The van der Waals surface area contributed by atoms with Gasteiger partial charge in [-0.15, -0.1) is 0 Å². The number of hydrogen-bond donors (Lipinski definition) is 2. The molecular weight excluding hydrogens is 249 g/mol. The first-order chi connectivity index (χ1) is 8.04. The van der Waals surface area contributed by atoms with Gasteiger partial charge in [0.2, 0.25) is 6.35 Å². The minimum absolute atomic E-state index is 0.0377. The molecule has 0 saturated heterocycles. The second-order valence-corrected chi connectivity index (χ2v) is 4.37. The molecule has 0 rings (SSSR count). The van der Waals surface area contributed by atoms with Crippen molar-refractivity contribution in [1.29, 1.82) is 0 Å². The van der Waals surface area contributed by atoms with Gasteiger partial charge in [0.25, 0.3) is 0 Å². The van der Waals surface area contributed by atoms with Crippen LogP contribution in [0.3, 0.4) is 0 Å². The highest BCUT2D eigenvalue weighted by molar-refractivity contribution is 7.44. The molecule has 0 fully saturated rings. The van der Waals surface area contributed by atoms with Crippen LogP contribution in [0.25, 0.3) is 0 Å². The van der Waals surface area contributed by atoms with Gasteiger partial charge in [0.1, 0.15) is 5.70 Å². The number of ether oxygens (including phenoxy) is 2. The normalized spacial score (nSPS) is 11.7. The van der Waals surface area contributed by atoms with E-state index in [0.717, 1.165) is 7.11 Å². The lowest BCUT2D eigenvalue weighted by molar-refractivity contribution is -0.138. The fourth-order valence-corrected chi connectivity index (χ4v) is 1.31. The second kappa shape index (κ2) is 8.66. The van der Waals surface area contributed by atoms with Gasteiger partial charge in [-0.3, -0.25) is 5.32 Å². The molecule has 0 aromatic carbocycles. The summed E-state index contributed by atoms with van der Waals surface area (Å²) in [5.74, 6) is -0.751. The Labute approximate surface area is 99.6 Å². The molecule has 0 radical (unpaired) electrons. The van der Waals surface area contributed by atoms with Crippen molar-refractivity contribution in [2.24, 2.45) is 0 Å². The maximum Gasteiger partial charge on any atom is 0.411 e. The van der Waals surface area contributed by atoms with Gasteiger partial charge in [-0.05, 0) is 13.0 Å². The number of rotatable bonds is 6. The highest BCUT2D eigenvalue weighted by Crippen LogP contribution is 2.18. The van der Waals surface area contributed by atoms with Crippen molar-refractivity contribution in [3.63, 3.8) is 0 Å². The summed E-state index contributed by atoms with van der Waals surface area (Å²) in [5, 5.41) is 10.7. The number of esters is 1. The summed E-state index contributed by atoms with van der Waals surface area (Å²) < 4.78 is 20.0. The molecule has 0 aromatic heterocycles. The number of aliphatic hydroxyl groups is 1. The molecule has 0 aliphatic heterocycles. The Hall–Kier alpha value is -1.46. The summed E-state index contributed by atoms with van der Waals surface area (Å²) in [5.41, 5.74) is -0.157. The Balaban J connectivity index is 4.65. The van der Waals surface area contributed by atoms with Crippen LogP contribution in [0.2, 0.25) is 0 Å². The van der Waals surface area contributed by atoms with Gasteiger partial charge in [-0.25, -0.2) is 9.59 Å². The molecule has 17 heavy (non-hydrogen) atoms. The molecule has 1 unspecified atom stereocenters. The summed E-state index contributed by atoms with van der Waals surface area (Å²) in [7, 11) is -0.700. The van der Waals surface area contributed by atoms with Crippen molar-refractivity contribution >= 4 is 19.9 Å². The first-order valence-corrected chi connectivity index (χ1v) is 6.43. The van der Waals surface area contributed by atoms with Gasteiger partial charge < -0.3 is 14.6 Å². The van der Waals surface area contributed by atoms with Crippen LogP contribution >= 0.6 is 7.80 Å². The van der Waals surface area contributed by atoms with E-state index in [4.69, 9.17) is 5.11 Å². The van der Waals surface area contributed by atoms with Gasteiger partial charge in [0, 0.05) is 0 Å². The summed E-state index contributed by atoms with van der Waals surface area (Å²) in [6.45, 7) is 1.76. The van der Waals surface area contributed by atoms with Crippen molar-refractivity contribution in [3.05, 3.63) is 11.8 Å². The fraction of sp³-hybridized carbons (Fsp3) is 0.556. The van der Waals surface area contributed by atoms with Gasteiger partial charge in [-0.1, -0.05) is 4.57 Å². The monoisotopic (exact) mass is 264 g/mol. The van der Waals surface area contributed by atoms with Crippen molar-refractivity contribution in [2.75, 3.05) is 26.2 Å². The molecule has 0 aliphatic rings. The minimum atomic E-state index is -1.84. The fourth-order valence-electron chi connectivity index (χ4n) is 0.806. The number of carbonyl (C=O) groups is 2. The molecule has 0 bridgehead atoms. The molecule has 0 saturated carbocycles. The number of carbonyl (C=O) groups excluding carboxylic acids is 2. The zero-order valence-electron chi connectivity index (χ0n) is 9.63. The molecule has 96 valence electrons. The Morgan fingerprint density at radius 3 is 2.59 bits per heavy atom. The first kappa shape index (κ1) is 15.5. The number of amides is 1. The van der Waals surface area contributed by atoms with Crippen LogP contribution in [-0.2, 0) is 18.8 Å². The van der Waals surface area contributed by atoms with E-state index in [2.05, 4.69) is 14.8 Å². The van der Waals surface area contributed by atoms with E-state index < -0.39 is 26.2 Å². The molecule has 0 spiro atoms. The molecule has 1 atom stereocenters. The van der Waals surface area contributed by atoms with Crippen LogP contribution in [-0.4, -0.2) is 43.4 Å². The Bertz CT molecular complexity index is 327. The van der Waals surface area contributed by atoms with Crippen LogP contribution in [0.1, 0.15) is 6.92 Å². The van der Waals surface area contributed by atoms with Crippen LogP contribution < -0.4 is 5.32 Å². The molecule has 0 heterocycles.